The predicted octanol–water partition coefficient (Wildman–Crippen LogP) is 5.32. The highest BCUT2D eigenvalue weighted by Gasteiger charge is 2.43. The molecule has 9 heteroatoms. The first-order chi connectivity index (χ1) is 17.6. The Morgan fingerprint density at radius 1 is 1.19 bits per heavy atom. The van der Waals surface area contributed by atoms with Gasteiger partial charge in [-0.15, -0.1) is 0 Å². The van der Waals surface area contributed by atoms with E-state index >= 15 is 0 Å². The summed E-state index contributed by atoms with van der Waals surface area (Å²) in [7, 11) is 0. The Morgan fingerprint density at radius 2 is 1.92 bits per heavy atom. The van der Waals surface area contributed by atoms with Crippen LogP contribution in [-0.4, -0.2) is 24.9 Å². The van der Waals surface area contributed by atoms with Gasteiger partial charge in [-0.05, 0) is 54.3 Å². The standard InChI is InChI=1S/C28H28BrN3O5/c1-4-35-22-11-16(5-10-21(22)36-15-24(34)32-18-8-6-17(29)7-9-18)25-19(14-30)27(31)37-23-13-28(2,3)12-20(33)26(23)25/h5-11,25H,4,12-13,15,31H2,1-3H3,(H,32,34). The molecule has 0 radical (unpaired) electrons. The largest absolute Gasteiger partial charge is 0.490 e. The molecule has 0 bridgehead atoms. The summed E-state index contributed by atoms with van der Waals surface area (Å²) in [4.78, 5) is 25.6. The van der Waals surface area contributed by atoms with Gasteiger partial charge < -0.3 is 25.3 Å². The average Bonchev–Trinajstić information content (AvgIpc) is 2.83. The smallest absolute Gasteiger partial charge is 0.262 e. The van der Waals surface area contributed by atoms with Crippen LogP contribution in [0.4, 0.5) is 5.69 Å². The third kappa shape index (κ3) is 5.81. The minimum Gasteiger partial charge on any atom is -0.490 e. The molecule has 0 saturated carbocycles. The molecule has 0 fully saturated rings. The van der Waals surface area contributed by atoms with E-state index < -0.39 is 5.92 Å². The lowest BCUT2D eigenvalue weighted by Crippen LogP contribution is -2.33. The summed E-state index contributed by atoms with van der Waals surface area (Å²) in [6.45, 7) is 5.95. The van der Waals surface area contributed by atoms with Gasteiger partial charge in [-0.3, -0.25) is 9.59 Å². The monoisotopic (exact) mass is 565 g/mol. The topological polar surface area (TPSA) is 124 Å². The number of carbonyl (C=O) groups is 2. The van der Waals surface area contributed by atoms with Crippen LogP contribution < -0.4 is 20.5 Å². The Labute approximate surface area is 224 Å². The number of carbonyl (C=O) groups excluding carboxylic acids is 2. The third-order valence-corrected chi connectivity index (χ3v) is 6.69. The fourth-order valence-corrected chi connectivity index (χ4v) is 4.85. The van der Waals surface area contributed by atoms with E-state index in [1.807, 2.05) is 32.9 Å². The van der Waals surface area contributed by atoms with E-state index in [-0.39, 0.29) is 35.2 Å². The zero-order chi connectivity index (χ0) is 26.7. The van der Waals surface area contributed by atoms with E-state index in [0.717, 1.165) is 4.47 Å². The molecular formula is C28H28BrN3O5. The first-order valence-electron chi connectivity index (χ1n) is 11.9. The molecule has 192 valence electrons. The number of Topliss-reactive ketones (excluding diaryl/α,β-unsaturated/α-hetero) is 1. The zero-order valence-corrected chi connectivity index (χ0v) is 22.5. The molecule has 8 nitrogen and oxygen atoms in total. The summed E-state index contributed by atoms with van der Waals surface area (Å²) < 4.78 is 18.2. The van der Waals surface area contributed by atoms with E-state index in [1.165, 1.54) is 0 Å². The van der Waals surface area contributed by atoms with Crippen LogP contribution in [0.1, 0.15) is 45.1 Å². The number of hydrogen-bond acceptors (Lipinski definition) is 7. The van der Waals surface area contributed by atoms with Gasteiger partial charge in [0.2, 0.25) is 5.88 Å². The predicted molar refractivity (Wildman–Crippen MR) is 142 cm³/mol. The maximum Gasteiger partial charge on any atom is 0.262 e. The van der Waals surface area contributed by atoms with Crippen molar-refractivity contribution in [1.29, 1.82) is 5.26 Å². The van der Waals surface area contributed by atoms with Gasteiger partial charge in [-0.1, -0.05) is 35.8 Å². The van der Waals surface area contributed by atoms with Gasteiger partial charge in [0.1, 0.15) is 17.4 Å². The van der Waals surface area contributed by atoms with E-state index in [2.05, 4.69) is 27.3 Å². The molecule has 1 unspecified atom stereocenters. The number of nitrogens with one attached hydrogen (secondary N) is 1. The number of allylic oxidation sites excluding steroid dienone is 3. The lowest BCUT2D eigenvalue weighted by molar-refractivity contribution is -0.119. The first-order valence-corrected chi connectivity index (χ1v) is 12.7. The molecule has 1 aliphatic carbocycles. The quantitative estimate of drug-likeness (QED) is 0.465. The molecular weight excluding hydrogens is 538 g/mol. The molecule has 1 heterocycles. The average molecular weight is 566 g/mol. The van der Waals surface area contributed by atoms with Crippen molar-refractivity contribution in [3.05, 3.63) is 75.3 Å². The summed E-state index contributed by atoms with van der Waals surface area (Å²) in [5.41, 5.74) is 7.79. The van der Waals surface area contributed by atoms with Crippen molar-refractivity contribution in [1.82, 2.24) is 0 Å². The van der Waals surface area contributed by atoms with Crippen LogP contribution in [0.25, 0.3) is 0 Å². The highest BCUT2D eigenvalue weighted by Crippen LogP contribution is 2.48. The van der Waals surface area contributed by atoms with Gasteiger partial charge in [0.15, 0.2) is 23.9 Å². The molecule has 37 heavy (non-hydrogen) atoms. The molecule has 1 atom stereocenters. The van der Waals surface area contributed by atoms with Crippen LogP contribution in [0.2, 0.25) is 0 Å². The number of anilines is 1. The van der Waals surface area contributed by atoms with Crippen LogP contribution in [0.3, 0.4) is 0 Å². The minimum absolute atomic E-state index is 0.000325. The summed E-state index contributed by atoms with van der Waals surface area (Å²) in [6, 6.07) is 14.5. The Balaban J connectivity index is 1.61. The third-order valence-electron chi connectivity index (χ3n) is 6.16. The molecule has 2 aliphatic rings. The number of ether oxygens (including phenoxy) is 3. The molecule has 0 aromatic heterocycles. The molecule has 2 aromatic carbocycles. The second-order valence-electron chi connectivity index (χ2n) is 9.69. The number of benzene rings is 2. The van der Waals surface area contributed by atoms with Gasteiger partial charge in [0.05, 0.1) is 12.5 Å². The maximum absolute atomic E-state index is 13.2. The maximum atomic E-state index is 13.2. The van der Waals surface area contributed by atoms with Gasteiger partial charge in [0, 0.05) is 28.6 Å². The number of ketones is 1. The molecule has 0 saturated heterocycles. The molecule has 3 N–H and O–H groups in total. The lowest BCUT2D eigenvalue weighted by atomic mass is 9.70. The molecule has 1 aliphatic heterocycles. The van der Waals surface area contributed by atoms with E-state index in [4.69, 9.17) is 19.9 Å². The fourth-order valence-electron chi connectivity index (χ4n) is 4.58. The number of amides is 1. The van der Waals surface area contributed by atoms with E-state index in [0.29, 0.717) is 53.5 Å². The molecule has 1 amide bonds. The van der Waals surface area contributed by atoms with Gasteiger partial charge in [0.25, 0.3) is 5.91 Å². The fraction of sp³-hybridized carbons (Fsp3) is 0.321. The second-order valence-corrected chi connectivity index (χ2v) is 10.6. The Hall–Kier alpha value is -3.77. The number of hydrogen-bond donors (Lipinski definition) is 2. The number of rotatable bonds is 7. The zero-order valence-electron chi connectivity index (χ0n) is 20.9. The molecule has 4 rings (SSSR count). The molecule has 0 spiro atoms. The van der Waals surface area contributed by atoms with Crippen molar-refractivity contribution in [2.75, 3.05) is 18.5 Å². The van der Waals surface area contributed by atoms with Crippen molar-refractivity contribution in [2.24, 2.45) is 11.1 Å². The van der Waals surface area contributed by atoms with Crippen molar-refractivity contribution < 1.29 is 23.8 Å². The van der Waals surface area contributed by atoms with Crippen LogP contribution in [0.5, 0.6) is 11.5 Å². The molecule has 2 aromatic rings. The van der Waals surface area contributed by atoms with Gasteiger partial charge >= 0.3 is 0 Å². The number of nitriles is 1. The summed E-state index contributed by atoms with van der Waals surface area (Å²) >= 11 is 3.36. The van der Waals surface area contributed by atoms with Crippen molar-refractivity contribution >= 4 is 33.3 Å². The van der Waals surface area contributed by atoms with E-state index in [1.54, 1.807) is 30.3 Å². The second kappa shape index (κ2) is 10.7. The van der Waals surface area contributed by atoms with Crippen LogP contribution in [-0.2, 0) is 14.3 Å². The summed E-state index contributed by atoms with van der Waals surface area (Å²) in [6.07, 6.45) is 0.883. The SMILES string of the molecule is CCOc1cc(C2C(C#N)=C(N)OC3=C2C(=O)CC(C)(C)C3)ccc1OCC(=O)Nc1ccc(Br)cc1. The van der Waals surface area contributed by atoms with Gasteiger partial charge in [-0.25, -0.2) is 0 Å². The normalized spacial score (nSPS) is 18.5. The summed E-state index contributed by atoms with van der Waals surface area (Å²) in [5, 5.41) is 12.7. The minimum atomic E-state index is -0.675. The highest BCUT2D eigenvalue weighted by molar-refractivity contribution is 9.10. The van der Waals surface area contributed by atoms with Crippen LogP contribution in [0, 0.1) is 16.7 Å². The number of nitrogens with zero attached hydrogens (tertiary/aromatic N) is 1. The van der Waals surface area contributed by atoms with Crippen molar-refractivity contribution in [2.45, 2.75) is 39.5 Å². The Kier molecular flexibility index (Phi) is 7.60. The van der Waals surface area contributed by atoms with Crippen LogP contribution >= 0.6 is 15.9 Å². The van der Waals surface area contributed by atoms with Crippen LogP contribution in [0.15, 0.2) is 69.7 Å². The van der Waals surface area contributed by atoms with E-state index in [9.17, 15) is 14.9 Å². The highest BCUT2D eigenvalue weighted by atomic mass is 79.9. The summed E-state index contributed by atoms with van der Waals surface area (Å²) in [5.74, 6) is 0.191. The number of nitrogens with two attached hydrogens (primary N) is 1. The lowest BCUT2D eigenvalue weighted by Gasteiger charge is -2.37. The first kappa shape index (κ1) is 26.3. The number of halogens is 1. The van der Waals surface area contributed by atoms with Crippen molar-refractivity contribution in [3.8, 4) is 17.6 Å². The van der Waals surface area contributed by atoms with Crippen molar-refractivity contribution in [3.63, 3.8) is 0 Å². The Morgan fingerprint density at radius 3 is 2.59 bits per heavy atom. The Bertz CT molecular complexity index is 1340. The van der Waals surface area contributed by atoms with Gasteiger partial charge in [-0.2, -0.15) is 5.26 Å².